The molecule has 0 rings (SSSR count). The van der Waals surface area contributed by atoms with Gasteiger partial charge in [-0.3, -0.25) is 9.59 Å². The van der Waals surface area contributed by atoms with Gasteiger partial charge in [-0.05, 0) is 12.8 Å². The lowest BCUT2D eigenvalue weighted by atomic mass is 10.1. The standard InChI is InChI=1S/C21H40O5/c1-3-5-7-9-10-12-13-15-20(23)25-18-19(17-22)26-21(24)16-14-11-8-6-4-2/h19,22H,3-18H2,1-2H3/t19-/m0/s1. The first-order valence-corrected chi connectivity index (χ1v) is 10.6. The zero-order valence-corrected chi connectivity index (χ0v) is 17.0. The summed E-state index contributed by atoms with van der Waals surface area (Å²) < 4.78 is 10.3. The van der Waals surface area contributed by atoms with Gasteiger partial charge in [0.25, 0.3) is 0 Å². The lowest BCUT2D eigenvalue weighted by Crippen LogP contribution is -2.28. The van der Waals surface area contributed by atoms with E-state index >= 15 is 0 Å². The molecule has 0 amide bonds. The van der Waals surface area contributed by atoms with E-state index in [1.54, 1.807) is 0 Å². The van der Waals surface area contributed by atoms with E-state index in [-0.39, 0.29) is 25.2 Å². The van der Waals surface area contributed by atoms with Gasteiger partial charge in [0.15, 0.2) is 6.10 Å². The summed E-state index contributed by atoms with van der Waals surface area (Å²) in [5.74, 6) is -0.615. The summed E-state index contributed by atoms with van der Waals surface area (Å²) in [5.41, 5.74) is 0. The molecular formula is C21H40O5. The largest absolute Gasteiger partial charge is 0.462 e. The first-order chi connectivity index (χ1) is 12.6. The zero-order valence-electron chi connectivity index (χ0n) is 17.0. The molecule has 0 saturated heterocycles. The average Bonchev–Trinajstić information content (AvgIpc) is 2.64. The van der Waals surface area contributed by atoms with Crippen LogP contribution in [0.2, 0.25) is 0 Å². The molecule has 0 unspecified atom stereocenters. The second-order valence-corrected chi connectivity index (χ2v) is 7.01. The van der Waals surface area contributed by atoms with Gasteiger partial charge in [-0.25, -0.2) is 0 Å². The van der Waals surface area contributed by atoms with Crippen LogP contribution in [0.3, 0.4) is 0 Å². The number of hydrogen-bond donors (Lipinski definition) is 1. The van der Waals surface area contributed by atoms with Crippen molar-refractivity contribution in [3.8, 4) is 0 Å². The Hall–Kier alpha value is -1.10. The summed E-state index contributed by atoms with van der Waals surface area (Å²) in [6.07, 6.45) is 13.3. The molecular weight excluding hydrogens is 332 g/mol. The Balaban J connectivity index is 3.68. The average molecular weight is 373 g/mol. The van der Waals surface area contributed by atoms with Crippen LogP contribution in [0.25, 0.3) is 0 Å². The Morgan fingerprint density at radius 2 is 1.19 bits per heavy atom. The van der Waals surface area contributed by atoms with E-state index in [9.17, 15) is 14.7 Å². The van der Waals surface area contributed by atoms with Crippen molar-refractivity contribution in [3.63, 3.8) is 0 Å². The van der Waals surface area contributed by atoms with Gasteiger partial charge in [0.05, 0.1) is 6.61 Å². The molecule has 154 valence electrons. The van der Waals surface area contributed by atoms with E-state index in [1.807, 2.05) is 0 Å². The van der Waals surface area contributed by atoms with Crippen molar-refractivity contribution in [2.24, 2.45) is 0 Å². The normalized spacial score (nSPS) is 12.0. The maximum absolute atomic E-state index is 11.7. The Morgan fingerprint density at radius 3 is 1.69 bits per heavy atom. The summed E-state index contributed by atoms with van der Waals surface area (Å²) in [7, 11) is 0. The molecule has 0 aromatic rings. The molecule has 0 aromatic heterocycles. The molecule has 0 saturated carbocycles. The molecule has 1 atom stereocenters. The van der Waals surface area contributed by atoms with Crippen molar-refractivity contribution in [3.05, 3.63) is 0 Å². The highest BCUT2D eigenvalue weighted by molar-refractivity contribution is 5.70. The third-order valence-corrected chi connectivity index (χ3v) is 4.40. The van der Waals surface area contributed by atoms with Crippen molar-refractivity contribution in [2.45, 2.75) is 110 Å². The minimum atomic E-state index is -0.754. The number of rotatable bonds is 18. The van der Waals surface area contributed by atoms with Gasteiger partial charge < -0.3 is 14.6 Å². The highest BCUT2D eigenvalue weighted by Gasteiger charge is 2.15. The van der Waals surface area contributed by atoms with Gasteiger partial charge in [0.2, 0.25) is 0 Å². The fourth-order valence-electron chi connectivity index (χ4n) is 2.73. The molecule has 0 aliphatic rings. The summed E-state index contributed by atoms with van der Waals surface area (Å²) in [6, 6.07) is 0. The van der Waals surface area contributed by atoms with Crippen LogP contribution in [0.5, 0.6) is 0 Å². The van der Waals surface area contributed by atoms with Crippen molar-refractivity contribution >= 4 is 11.9 Å². The summed E-state index contributed by atoms with van der Waals surface area (Å²) >= 11 is 0. The third-order valence-electron chi connectivity index (χ3n) is 4.40. The van der Waals surface area contributed by atoms with Crippen LogP contribution < -0.4 is 0 Å². The van der Waals surface area contributed by atoms with Crippen LogP contribution in [0.15, 0.2) is 0 Å². The number of hydrogen-bond acceptors (Lipinski definition) is 5. The van der Waals surface area contributed by atoms with Crippen molar-refractivity contribution < 1.29 is 24.2 Å². The maximum atomic E-state index is 11.7. The van der Waals surface area contributed by atoms with Crippen molar-refractivity contribution in [1.82, 2.24) is 0 Å². The highest BCUT2D eigenvalue weighted by atomic mass is 16.6. The van der Waals surface area contributed by atoms with Gasteiger partial charge in [0.1, 0.15) is 6.61 Å². The molecule has 5 heteroatoms. The number of unbranched alkanes of at least 4 members (excludes halogenated alkanes) is 10. The lowest BCUT2D eigenvalue weighted by molar-refractivity contribution is -0.161. The van der Waals surface area contributed by atoms with Crippen molar-refractivity contribution in [2.75, 3.05) is 13.2 Å². The number of aliphatic hydroxyl groups is 1. The second-order valence-electron chi connectivity index (χ2n) is 7.01. The molecule has 0 spiro atoms. The van der Waals surface area contributed by atoms with E-state index in [2.05, 4.69) is 13.8 Å². The highest BCUT2D eigenvalue weighted by Crippen LogP contribution is 2.10. The van der Waals surface area contributed by atoms with Gasteiger partial charge in [-0.2, -0.15) is 0 Å². The molecule has 26 heavy (non-hydrogen) atoms. The second kappa shape index (κ2) is 18.7. The fraction of sp³-hybridized carbons (Fsp3) is 0.905. The number of aliphatic hydroxyl groups excluding tert-OH is 1. The molecule has 0 aliphatic heterocycles. The Bertz CT molecular complexity index is 343. The van der Waals surface area contributed by atoms with Gasteiger partial charge >= 0.3 is 11.9 Å². The van der Waals surface area contributed by atoms with E-state index in [4.69, 9.17) is 9.47 Å². The zero-order chi connectivity index (χ0) is 19.5. The Kier molecular flexibility index (Phi) is 17.9. The predicted octanol–water partition coefficient (Wildman–Crippen LogP) is 4.93. The minimum absolute atomic E-state index is 0.0621. The number of esters is 2. The molecule has 0 aliphatic carbocycles. The Labute approximate surface area is 159 Å². The van der Waals surface area contributed by atoms with E-state index in [0.29, 0.717) is 12.8 Å². The smallest absolute Gasteiger partial charge is 0.306 e. The first kappa shape index (κ1) is 24.9. The minimum Gasteiger partial charge on any atom is -0.462 e. The number of carbonyl (C=O) groups is 2. The molecule has 5 nitrogen and oxygen atoms in total. The van der Waals surface area contributed by atoms with Crippen molar-refractivity contribution in [1.29, 1.82) is 0 Å². The summed E-state index contributed by atoms with van der Waals surface area (Å²) in [4.78, 5) is 23.4. The molecule has 1 N–H and O–H groups in total. The molecule has 0 heterocycles. The van der Waals surface area contributed by atoms with Crippen LogP contribution in [0.4, 0.5) is 0 Å². The molecule has 0 aromatic carbocycles. The van der Waals surface area contributed by atoms with Gasteiger partial charge in [-0.15, -0.1) is 0 Å². The monoisotopic (exact) mass is 372 g/mol. The molecule has 0 fully saturated rings. The lowest BCUT2D eigenvalue weighted by Gasteiger charge is -2.15. The van der Waals surface area contributed by atoms with Crippen LogP contribution in [-0.4, -0.2) is 36.4 Å². The van der Waals surface area contributed by atoms with E-state index in [1.165, 1.54) is 38.5 Å². The van der Waals surface area contributed by atoms with Crippen LogP contribution in [0.1, 0.15) is 104 Å². The number of carbonyl (C=O) groups excluding carboxylic acids is 2. The predicted molar refractivity (Wildman–Crippen MR) is 104 cm³/mol. The fourth-order valence-corrected chi connectivity index (χ4v) is 2.73. The molecule has 0 bridgehead atoms. The molecule has 0 radical (unpaired) electrons. The van der Waals surface area contributed by atoms with E-state index < -0.39 is 6.10 Å². The maximum Gasteiger partial charge on any atom is 0.306 e. The van der Waals surface area contributed by atoms with Crippen LogP contribution in [0, 0.1) is 0 Å². The summed E-state index contributed by atoms with van der Waals surface area (Å²) in [6.45, 7) is 3.95. The van der Waals surface area contributed by atoms with Crippen LogP contribution in [-0.2, 0) is 19.1 Å². The van der Waals surface area contributed by atoms with Crippen LogP contribution >= 0.6 is 0 Å². The quantitative estimate of drug-likeness (QED) is 0.273. The van der Waals surface area contributed by atoms with Gasteiger partial charge in [-0.1, -0.05) is 78.1 Å². The topological polar surface area (TPSA) is 72.8 Å². The summed E-state index contributed by atoms with van der Waals surface area (Å²) in [5, 5.41) is 9.28. The Morgan fingerprint density at radius 1 is 0.731 bits per heavy atom. The SMILES string of the molecule is CCCCCCCCCC(=O)OC[C@H](CO)OC(=O)CCCCCCC. The first-order valence-electron chi connectivity index (χ1n) is 10.6. The number of ether oxygens (including phenoxy) is 2. The third kappa shape index (κ3) is 16.4. The van der Waals surface area contributed by atoms with E-state index in [0.717, 1.165) is 38.5 Å². The van der Waals surface area contributed by atoms with Gasteiger partial charge in [0, 0.05) is 12.8 Å².